The molecule has 0 amide bonds. The van der Waals surface area contributed by atoms with Gasteiger partial charge in [0.1, 0.15) is 0 Å². The molecule has 0 unspecified atom stereocenters. The van der Waals surface area contributed by atoms with Crippen molar-refractivity contribution in [3.63, 3.8) is 0 Å². The second-order valence-corrected chi connectivity index (χ2v) is 14.0. The fourth-order valence-electron chi connectivity index (χ4n) is 6.03. The number of ether oxygens (including phenoxy) is 1. The van der Waals surface area contributed by atoms with Crippen LogP contribution in [0.15, 0.2) is 18.2 Å². The third-order valence-electron chi connectivity index (χ3n) is 8.06. The quantitative estimate of drug-likeness (QED) is 0.172. The first-order valence-electron chi connectivity index (χ1n) is 13.3. The van der Waals surface area contributed by atoms with Crippen molar-refractivity contribution in [3.8, 4) is 5.75 Å². The number of alkyl halides is 3. The van der Waals surface area contributed by atoms with Gasteiger partial charge in [-0.05, 0) is 61.1 Å². The molecule has 2 fully saturated rings. The molecule has 1 aliphatic heterocycles. The van der Waals surface area contributed by atoms with Crippen LogP contribution < -0.4 is 4.74 Å². The van der Waals surface area contributed by atoms with Gasteiger partial charge in [0.2, 0.25) is 0 Å². The Labute approximate surface area is 199 Å². The summed E-state index contributed by atoms with van der Waals surface area (Å²) in [6, 6.07) is 9.52. The molecule has 0 bridgehead atoms. The van der Waals surface area contributed by atoms with Crippen LogP contribution in [0.5, 0.6) is 5.75 Å². The summed E-state index contributed by atoms with van der Waals surface area (Å²) in [7, 11) is -0.351. The largest absolute Gasteiger partial charge is 0.490 e. The molecule has 1 nitrogen and oxygen atoms in total. The highest BCUT2D eigenvalue weighted by Gasteiger charge is 2.27. The Balaban J connectivity index is 1.31. The van der Waals surface area contributed by atoms with Crippen LogP contribution in [0.3, 0.4) is 0 Å². The van der Waals surface area contributed by atoms with Crippen LogP contribution in [-0.4, -0.2) is 21.6 Å². The maximum absolute atomic E-state index is 14.3. The summed E-state index contributed by atoms with van der Waals surface area (Å²) in [6.45, 7) is 1.79. The molecule has 3 rings (SSSR count). The van der Waals surface area contributed by atoms with E-state index in [4.69, 9.17) is 4.74 Å². The van der Waals surface area contributed by atoms with Gasteiger partial charge in [0, 0.05) is 8.80 Å². The van der Waals surface area contributed by atoms with Gasteiger partial charge in [-0.15, -0.1) is 0 Å². The number of hydrogen-bond donors (Lipinski definition) is 0. The van der Waals surface area contributed by atoms with Crippen molar-refractivity contribution >= 4 is 8.80 Å². The van der Waals surface area contributed by atoms with Gasteiger partial charge in [-0.25, -0.2) is 4.39 Å². The first-order chi connectivity index (χ1) is 15.8. The van der Waals surface area contributed by atoms with Gasteiger partial charge in [0.05, 0.1) is 13.0 Å². The molecular weight excluding hydrogens is 444 g/mol. The van der Waals surface area contributed by atoms with E-state index in [1.807, 2.05) is 6.07 Å². The lowest BCUT2D eigenvalue weighted by atomic mass is 9.77. The number of rotatable bonds is 11. The molecule has 1 aromatic carbocycles. The molecule has 0 N–H and O–H groups in total. The van der Waals surface area contributed by atoms with E-state index in [1.54, 1.807) is 18.1 Å². The summed E-state index contributed by atoms with van der Waals surface area (Å²) in [5, 5.41) is 0. The van der Waals surface area contributed by atoms with Gasteiger partial charge in [0.15, 0.2) is 11.6 Å². The Morgan fingerprint density at radius 1 is 0.939 bits per heavy atom. The number of halogens is 4. The molecule has 0 radical (unpaired) electrons. The smallest absolute Gasteiger partial charge is 0.392 e. The van der Waals surface area contributed by atoms with E-state index in [0.29, 0.717) is 5.92 Å². The van der Waals surface area contributed by atoms with E-state index in [-0.39, 0.29) is 14.5 Å². The average Bonchev–Trinajstić information content (AvgIpc) is 2.79. The number of unbranched alkanes of at least 4 members (excludes halogenated alkanes) is 1. The van der Waals surface area contributed by atoms with Crippen molar-refractivity contribution in [2.45, 2.75) is 114 Å². The molecule has 0 aromatic heterocycles. The predicted molar refractivity (Wildman–Crippen MR) is 130 cm³/mol. The van der Waals surface area contributed by atoms with E-state index < -0.39 is 25.0 Å². The van der Waals surface area contributed by atoms with E-state index in [2.05, 4.69) is 6.92 Å². The van der Waals surface area contributed by atoms with Gasteiger partial charge < -0.3 is 4.74 Å². The molecule has 1 heterocycles. The molecule has 1 aromatic rings. The standard InChI is InChI=1S/C27H42F4OSi/c1-2-17-33-18-13-22(14-19-33)6-4-3-5-21-7-9-23(10-8-21)24-11-12-26(25(28)20-24)32-16-15-27(29,30)31/h11-12,20-23,33H,2-10,13-19H2,1H3/t21-,22-,23-,33-. The van der Waals surface area contributed by atoms with Gasteiger partial charge in [-0.1, -0.05) is 76.1 Å². The second-order valence-electron chi connectivity index (χ2n) is 10.6. The Kier molecular flexibility index (Phi) is 10.6. The van der Waals surface area contributed by atoms with Crippen molar-refractivity contribution in [2.75, 3.05) is 6.61 Å². The topological polar surface area (TPSA) is 9.23 Å². The zero-order valence-corrected chi connectivity index (χ0v) is 21.4. The van der Waals surface area contributed by atoms with E-state index in [9.17, 15) is 17.6 Å². The summed E-state index contributed by atoms with van der Waals surface area (Å²) < 4.78 is 56.0. The summed E-state index contributed by atoms with van der Waals surface area (Å²) >= 11 is 0. The number of hydrogen-bond acceptors (Lipinski definition) is 1. The van der Waals surface area contributed by atoms with Gasteiger partial charge in [-0.3, -0.25) is 0 Å². The van der Waals surface area contributed by atoms with Crippen LogP contribution in [0.2, 0.25) is 18.1 Å². The molecule has 0 spiro atoms. The minimum Gasteiger partial charge on any atom is -0.490 e. The SMILES string of the molecule is CCC[Si@H]1CC[C@H](CCCC[C@H]2CC[C@H](c3ccc(OCCC(F)(F)F)c(F)c3)CC2)CC1. The van der Waals surface area contributed by atoms with Crippen molar-refractivity contribution < 1.29 is 22.3 Å². The zero-order chi connectivity index (χ0) is 23.7. The minimum atomic E-state index is -4.29. The molecule has 33 heavy (non-hydrogen) atoms. The highest BCUT2D eigenvalue weighted by molar-refractivity contribution is 6.58. The van der Waals surface area contributed by atoms with E-state index >= 15 is 0 Å². The van der Waals surface area contributed by atoms with Crippen LogP contribution in [-0.2, 0) is 0 Å². The van der Waals surface area contributed by atoms with Crippen molar-refractivity contribution in [2.24, 2.45) is 11.8 Å². The summed E-state index contributed by atoms with van der Waals surface area (Å²) in [4.78, 5) is 0. The summed E-state index contributed by atoms with van der Waals surface area (Å²) in [5.74, 6) is 1.50. The fourth-order valence-corrected chi connectivity index (χ4v) is 9.60. The van der Waals surface area contributed by atoms with Crippen LogP contribution in [0.4, 0.5) is 17.6 Å². The maximum atomic E-state index is 14.3. The van der Waals surface area contributed by atoms with Crippen LogP contribution in [0.25, 0.3) is 0 Å². The lowest BCUT2D eigenvalue weighted by Gasteiger charge is -2.30. The Morgan fingerprint density at radius 3 is 2.15 bits per heavy atom. The zero-order valence-electron chi connectivity index (χ0n) is 20.3. The Hall–Kier alpha value is -1.04. The van der Waals surface area contributed by atoms with E-state index in [1.165, 1.54) is 69.9 Å². The second kappa shape index (κ2) is 13.2. The lowest BCUT2D eigenvalue weighted by Crippen LogP contribution is -2.21. The third-order valence-corrected chi connectivity index (χ3v) is 11.7. The lowest BCUT2D eigenvalue weighted by molar-refractivity contribution is -0.139. The minimum absolute atomic E-state index is 0.0853. The summed E-state index contributed by atoms with van der Waals surface area (Å²) in [6.07, 6.45) is 9.07. The highest BCUT2D eigenvalue weighted by atomic mass is 28.3. The molecule has 0 atom stereocenters. The molecule has 1 aliphatic carbocycles. The van der Waals surface area contributed by atoms with Crippen molar-refractivity contribution in [1.29, 1.82) is 0 Å². The van der Waals surface area contributed by atoms with Crippen LogP contribution in [0, 0.1) is 17.7 Å². The maximum Gasteiger partial charge on any atom is 0.392 e. The molecule has 6 heteroatoms. The molecule has 1 saturated carbocycles. The monoisotopic (exact) mass is 486 g/mol. The Morgan fingerprint density at radius 2 is 1.58 bits per heavy atom. The molecule has 2 aliphatic rings. The predicted octanol–water partition coefficient (Wildman–Crippen LogP) is 9.04. The normalized spacial score (nSPS) is 26.3. The van der Waals surface area contributed by atoms with Crippen molar-refractivity contribution in [1.82, 2.24) is 0 Å². The average molecular weight is 487 g/mol. The van der Waals surface area contributed by atoms with Gasteiger partial charge in [-0.2, -0.15) is 13.2 Å². The van der Waals surface area contributed by atoms with Gasteiger partial charge >= 0.3 is 6.18 Å². The van der Waals surface area contributed by atoms with E-state index in [0.717, 1.165) is 30.2 Å². The van der Waals surface area contributed by atoms with Gasteiger partial charge in [0.25, 0.3) is 0 Å². The first-order valence-corrected chi connectivity index (χ1v) is 15.8. The van der Waals surface area contributed by atoms with Crippen LogP contribution in [0.1, 0.15) is 95.5 Å². The fraction of sp³-hybridized carbons (Fsp3) is 0.778. The Bertz CT molecular complexity index is 692. The third kappa shape index (κ3) is 9.26. The molecule has 1 saturated heterocycles. The summed E-state index contributed by atoms with van der Waals surface area (Å²) in [5.41, 5.74) is 0.955. The highest BCUT2D eigenvalue weighted by Crippen LogP contribution is 2.39. The van der Waals surface area contributed by atoms with Crippen LogP contribution >= 0.6 is 0 Å². The van der Waals surface area contributed by atoms with Crippen molar-refractivity contribution in [3.05, 3.63) is 29.6 Å². The number of benzene rings is 1. The molecule has 188 valence electrons. The molecular formula is C27H42F4OSi. The first kappa shape index (κ1) is 26.6.